The standard InChI is InChI=1S/C18H24N4O2/c1-3-20-18(21-11-10-16-5-4-12-24-16)22-13-14-6-8-15(9-7-14)17(23)19-2/h4-9,12H,3,10-11,13H2,1-2H3,(H,19,23)(H2,20,21,22). The van der Waals surface area contributed by atoms with Crippen LogP contribution in [0.3, 0.4) is 0 Å². The summed E-state index contributed by atoms with van der Waals surface area (Å²) in [6.45, 7) is 4.11. The van der Waals surface area contributed by atoms with E-state index in [1.807, 2.05) is 31.2 Å². The van der Waals surface area contributed by atoms with Gasteiger partial charge < -0.3 is 20.4 Å². The van der Waals surface area contributed by atoms with Crippen LogP contribution in [0.2, 0.25) is 0 Å². The van der Waals surface area contributed by atoms with E-state index in [0.717, 1.165) is 36.8 Å². The molecular weight excluding hydrogens is 304 g/mol. The molecule has 2 rings (SSSR count). The summed E-state index contributed by atoms with van der Waals surface area (Å²) in [5, 5.41) is 9.11. The number of guanidine groups is 1. The Hall–Kier alpha value is -2.76. The summed E-state index contributed by atoms with van der Waals surface area (Å²) in [5.74, 6) is 1.63. The lowest BCUT2D eigenvalue weighted by Crippen LogP contribution is -2.38. The number of rotatable bonds is 7. The highest BCUT2D eigenvalue weighted by molar-refractivity contribution is 5.93. The quantitative estimate of drug-likeness (QED) is 0.536. The van der Waals surface area contributed by atoms with E-state index in [1.165, 1.54) is 0 Å². The van der Waals surface area contributed by atoms with Gasteiger partial charge in [-0.1, -0.05) is 12.1 Å². The summed E-state index contributed by atoms with van der Waals surface area (Å²) in [6.07, 6.45) is 2.48. The largest absolute Gasteiger partial charge is 0.469 e. The van der Waals surface area contributed by atoms with Crippen molar-refractivity contribution in [1.82, 2.24) is 16.0 Å². The van der Waals surface area contributed by atoms with Crippen LogP contribution >= 0.6 is 0 Å². The van der Waals surface area contributed by atoms with Gasteiger partial charge in [-0.15, -0.1) is 0 Å². The number of carbonyl (C=O) groups is 1. The fourth-order valence-electron chi connectivity index (χ4n) is 2.18. The predicted molar refractivity (Wildman–Crippen MR) is 95.1 cm³/mol. The van der Waals surface area contributed by atoms with E-state index >= 15 is 0 Å². The van der Waals surface area contributed by atoms with E-state index in [-0.39, 0.29) is 5.91 Å². The average molecular weight is 328 g/mol. The number of nitrogens with one attached hydrogen (secondary N) is 3. The van der Waals surface area contributed by atoms with E-state index in [1.54, 1.807) is 25.4 Å². The highest BCUT2D eigenvalue weighted by atomic mass is 16.3. The minimum atomic E-state index is -0.0852. The first-order chi connectivity index (χ1) is 11.7. The Morgan fingerprint density at radius 3 is 2.58 bits per heavy atom. The average Bonchev–Trinajstić information content (AvgIpc) is 3.13. The first-order valence-corrected chi connectivity index (χ1v) is 8.08. The molecule has 0 aliphatic heterocycles. The molecule has 2 aromatic rings. The fourth-order valence-corrected chi connectivity index (χ4v) is 2.18. The molecule has 1 aromatic heterocycles. The second-order valence-corrected chi connectivity index (χ2v) is 5.23. The van der Waals surface area contributed by atoms with Gasteiger partial charge in [-0.2, -0.15) is 0 Å². The van der Waals surface area contributed by atoms with Gasteiger partial charge in [0.2, 0.25) is 0 Å². The highest BCUT2D eigenvalue weighted by Gasteiger charge is 2.03. The van der Waals surface area contributed by atoms with Crippen molar-refractivity contribution in [2.24, 2.45) is 4.99 Å². The number of furan rings is 1. The summed E-state index contributed by atoms with van der Waals surface area (Å²) < 4.78 is 5.31. The maximum absolute atomic E-state index is 11.5. The van der Waals surface area contributed by atoms with E-state index in [2.05, 4.69) is 20.9 Å². The van der Waals surface area contributed by atoms with Gasteiger partial charge >= 0.3 is 0 Å². The number of hydrogen-bond acceptors (Lipinski definition) is 3. The molecule has 0 aliphatic carbocycles. The third-order valence-electron chi connectivity index (χ3n) is 3.45. The maximum Gasteiger partial charge on any atom is 0.251 e. The SMILES string of the molecule is CCNC(=NCc1ccc(C(=O)NC)cc1)NCCc1ccco1. The second-order valence-electron chi connectivity index (χ2n) is 5.23. The Morgan fingerprint density at radius 2 is 1.96 bits per heavy atom. The summed E-state index contributed by atoms with van der Waals surface area (Å²) in [6, 6.07) is 11.3. The molecule has 1 aromatic carbocycles. The van der Waals surface area contributed by atoms with Crippen LogP contribution in [0.25, 0.3) is 0 Å². The number of carbonyl (C=O) groups excluding carboxylic acids is 1. The summed E-state index contributed by atoms with van der Waals surface area (Å²) in [4.78, 5) is 16.1. The Kier molecular flexibility index (Phi) is 6.89. The summed E-state index contributed by atoms with van der Waals surface area (Å²) >= 11 is 0. The molecule has 0 saturated heterocycles. The van der Waals surface area contributed by atoms with Gasteiger partial charge in [-0.05, 0) is 36.8 Å². The fraction of sp³-hybridized carbons (Fsp3) is 0.333. The molecule has 0 radical (unpaired) electrons. The van der Waals surface area contributed by atoms with E-state index in [9.17, 15) is 4.79 Å². The molecule has 0 fully saturated rings. The molecule has 6 nitrogen and oxygen atoms in total. The van der Waals surface area contributed by atoms with Crippen LogP contribution in [0.4, 0.5) is 0 Å². The van der Waals surface area contributed by atoms with Crippen LogP contribution < -0.4 is 16.0 Å². The molecule has 1 heterocycles. The van der Waals surface area contributed by atoms with Gasteiger partial charge in [0.05, 0.1) is 12.8 Å². The van der Waals surface area contributed by atoms with Crippen molar-refractivity contribution in [3.63, 3.8) is 0 Å². The molecule has 24 heavy (non-hydrogen) atoms. The lowest BCUT2D eigenvalue weighted by molar-refractivity contribution is 0.0963. The van der Waals surface area contributed by atoms with Crippen LogP contribution in [-0.2, 0) is 13.0 Å². The Labute approximate surface area is 142 Å². The van der Waals surface area contributed by atoms with E-state index in [4.69, 9.17) is 4.42 Å². The van der Waals surface area contributed by atoms with Gasteiger partial charge in [0.1, 0.15) is 5.76 Å². The van der Waals surface area contributed by atoms with Gasteiger partial charge in [-0.3, -0.25) is 4.79 Å². The second kappa shape index (κ2) is 9.39. The number of aliphatic imine (C=N–C) groups is 1. The number of nitrogens with zero attached hydrogens (tertiary/aromatic N) is 1. The lowest BCUT2D eigenvalue weighted by atomic mass is 10.1. The zero-order chi connectivity index (χ0) is 17.2. The monoisotopic (exact) mass is 328 g/mol. The van der Waals surface area contributed by atoms with Crippen LogP contribution in [0.1, 0.15) is 28.6 Å². The minimum Gasteiger partial charge on any atom is -0.469 e. The zero-order valence-corrected chi connectivity index (χ0v) is 14.1. The van der Waals surface area contributed by atoms with Crippen LogP contribution in [0.15, 0.2) is 52.1 Å². The molecule has 0 aliphatic rings. The highest BCUT2D eigenvalue weighted by Crippen LogP contribution is 2.06. The first-order valence-electron chi connectivity index (χ1n) is 8.08. The minimum absolute atomic E-state index is 0.0852. The molecule has 0 spiro atoms. The third-order valence-corrected chi connectivity index (χ3v) is 3.45. The molecule has 0 saturated carbocycles. The van der Waals surface area contributed by atoms with Gasteiger partial charge in [0.15, 0.2) is 5.96 Å². The van der Waals surface area contributed by atoms with Crippen LogP contribution in [0.5, 0.6) is 0 Å². The molecule has 0 unspecified atom stereocenters. The van der Waals surface area contributed by atoms with Gasteiger partial charge in [0.25, 0.3) is 5.91 Å². The van der Waals surface area contributed by atoms with Gasteiger partial charge in [0, 0.05) is 32.1 Å². The summed E-state index contributed by atoms with van der Waals surface area (Å²) in [7, 11) is 1.62. The van der Waals surface area contributed by atoms with Crippen LogP contribution in [0, 0.1) is 0 Å². The Morgan fingerprint density at radius 1 is 1.17 bits per heavy atom. The van der Waals surface area contributed by atoms with Crippen LogP contribution in [-0.4, -0.2) is 32.0 Å². The van der Waals surface area contributed by atoms with Crippen molar-refractivity contribution < 1.29 is 9.21 Å². The van der Waals surface area contributed by atoms with Crippen molar-refractivity contribution in [2.75, 3.05) is 20.1 Å². The number of amides is 1. The molecule has 6 heteroatoms. The maximum atomic E-state index is 11.5. The molecule has 1 amide bonds. The van der Waals surface area contributed by atoms with Crippen molar-refractivity contribution in [1.29, 1.82) is 0 Å². The topological polar surface area (TPSA) is 78.7 Å². The first kappa shape index (κ1) is 17.6. The Balaban J connectivity index is 1.88. The summed E-state index contributed by atoms with van der Waals surface area (Å²) in [5.41, 5.74) is 1.69. The molecule has 0 bridgehead atoms. The predicted octanol–water partition coefficient (Wildman–Crippen LogP) is 1.94. The van der Waals surface area contributed by atoms with E-state index in [0.29, 0.717) is 12.1 Å². The smallest absolute Gasteiger partial charge is 0.251 e. The molecule has 128 valence electrons. The molecular formula is C18H24N4O2. The Bertz CT molecular complexity index is 648. The zero-order valence-electron chi connectivity index (χ0n) is 14.1. The number of benzene rings is 1. The number of hydrogen-bond donors (Lipinski definition) is 3. The van der Waals surface area contributed by atoms with Crippen molar-refractivity contribution in [3.05, 3.63) is 59.5 Å². The lowest BCUT2D eigenvalue weighted by Gasteiger charge is -2.10. The normalized spacial score (nSPS) is 11.2. The van der Waals surface area contributed by atoms with Crippen molar-refractivity contribution in [2.45, 2.75) is 19.9 Å². The van der Waals surface area contributed by atoms with E-state index < -0.39 is 0 Å². The molecule has 3 N–H and O–H groups in total. The third kappa shape index (κ3) is 5.46. The van der Waals surface area contributed by atoms with Crippen molar-refractivity contribution in [3.8, 4) is 0 Å². The van der Waals surface area contributed by atoms with Gasteiger partial charge in [-0.25, -0.2) is 4.99 Å². The van der Waals surface area contributed by atoms with Crippen molar-refractivity contribution >= 4 is 11.9 Å². The molecule has 0 atom stereocenters.